The molecule has 0 amide bonds. The summed E-state index contributed by atoms with van der Waals surface area (Å²) in [5.74, 6) is 0. The molecule has 154 valence electrons. The third kappa shape index (κ3) is 4.19. The second-order valence-corrected chi connectivity index (χ2v) is 7.56. The van der Waals surface area contributed by atoms with Crippen LogP contribution in [0.4, 0.5) is 0 Å². The lowest BCUT2D eigenvalue weighted by Gasteiger charge is -2.06. The Labute approximate surface area is 178 Å². The Morgan fingerprint density at radius 2 is 1.61 bits per heavy atom. The van der Waals surface area contributed by atoms with Crippen molar-refractivity contribution in [3.8, 4) is 11.3 Å². The van der Waals surface area contributed by atoms with E-state index >= 15 is 0 Å². The van der Waals surface area contributed by atoms with Crippen LogP contribution in [0.3, 0.4) is 0 Å². The van der Waals surface area contributed by atoms with Gasteiger partial charge in [-0.1, -0.05) is 52.4 Å². The van der Waals surface area contributed by atoms with Gasteiger partial charge >= 0.3 is 0 Å². The molecule has 31 heavy (non-hydrogen) atoms. The quantitative estimate of drug-likeness (QED) is 0.462. The van der Waals surface area contributed by atoms with Crippen molar-refractivity contribution in [1.29, 1.82) is 0 Å². The standard InChI is InChI=1S/C23H21N7O/c1-16-2-5-18(6-3-16)23-14-30(28-26-23)12-20-8-7-19-10-17(4-9-22(19)24-20)11-29-13-21(15-31)25-27-29/h2-10,13-14,31H,11-12,15H2,1H3. The van der Waals surface area contributed by atoms with E-state index in [1.165, 1.54) is 5.56 Å². The lowest BCUT2D eigenvalue weighted by molar-refractivity contribution is 0.276. The SMILES string of the molecule is Cc1ccc(-c2cn(Cc3ccc4cc(Cn5cc(CO)nn5)ccc4n3)nn2)cc1. The third-order valence-electron chi connectivity index (χ3n) is 5.11. The number of aliphatic hydroxyl groups excluding tert-OH is 1. The molecular formula is C23H21N7O. The van der Waals surface area contributed by atoms with E-state index in [1.54, 1.807) is 15.6 Å². The van der Waals surface area contributed by atoms with Crippen molar-refractivity contribution in [3.63, 3.8) is 0 Å². The van der Waals surface area contributed by atoms with Crippen molar-refractivity contribution >= 4 is 10.9 Å². The van der Waals surface area contributed by atoms with E-state index in [1.807, 2.05) is 24.4 Å². The van der Waals surface area contributed by atoms with E-state index < -0.39 is 0 Å². The smallest absolute Gasteiger partial charge is 0.113 e. The maximum Gasteiger partial charge on any atom is 0.113 e. The van der Waals surface area contributed by atoms with Crippen LogP contribution in [0.1, 0.15) is 22.5 Å². The Balaban J connectivity index is 1.32. The zero-order chi connectivity index (χ0) is 21.2. The number of aromatic nitrogens is 7. The fourth-order valence-corrected chi connectivity index (χ4v) is 3.48. The molecule has 3 aromatic heterocycles. The first-order valence-corrected chi connectivity index (χ1v) is 10.0. The van der Waals surface area contributed by atoms with Crippen LogP contribution in [-0.2, 0) is 19.7 Å². The number of aryl methyl sites for hydroxylation is 1. The summed E-state index contributed by atoms with van der Waals surface area (Å²) in [4.78, 5) is 4.77. The molecule has 0 spiro atoms. The highest BCUT2D eigenvalue weighted by atomic mass is 16.3. The summed E-state index contributed by atoms with van der Waals surface area (Å²) in [7, 11) is 0. The molecule has 0 fully saturated rings. The van der Waals surface area contributed by atoms with Gasteiger partial charge < -0.3 is 5.11 Å². The topological polar surface area (TPSA) is 94.5 Å². The van der Waals surface area contributed by atoms with Gasteiger partial charge in [0.15, 0.2) is 0 Å². The van der Waals surface area contributed by atoms with Crippen molar-refractivity contribution in [2.24, 2.45) is 0 Å². The summed E-state index contributed by atoms with van der Waals surface area (Å²) in [5.41, 5.74) is 6.62. The number of hydrogen-bond donors (Lipinski definition) is 1. The first-order chi connectivity index (χ1) is 15.2. The molecular weight excluding hydrogens is 390 g/mol. The Kier molecular flexibility index (Phi) is 4.97. The fourth-order valence-electron chi connectivity index (χ4n) is 3.48. The summed E-state index contributed by atoms with van der Waals surface area (Å²) in [5, 5.41) is 26.7. The second-order valence-electron chi connectivity index (χ2n) is 7.56. The normalized spacial score (nSPS) is 11.3. The zero-order valence-electron chi connectivity index (χ0n) is 17.0. The summed E-state index contributed by atoms with van der Waals surface area (Å²) in [6, 6.07) is 18.5. The van der Waals surface area contributed by atoms with Crippen molar-refractivity contribution in [1.82, 2.24) is 35.0 Å². The van der Waals surface area contributed by atoms with Gasteiger partial charge in [-0.05, 0) is 30.7 Å². The van der Waals surface area contributed by atoms with Crippen molar-refractivity contribution < 1.29 is 5.11 Å². The molecule has 5 aromatic rings. The lowest BCUT2D eigenvalue weighted by atomic mass is 10.1. The minimum atomic E-state index is -0.108. The Morgan fingerprint density at radius 3 is 2.42 bits per heavy atom. The van der Waals surface area contributed by atoms with Gasteiger partial charge in [0.2, 0.25) is 0 Å². The molecule has 0 atom stereocenters. The first kappa shape index (κ1) is 19.1. The molecule has 0 bridgehead atoms. The van der Waals surface area contributed by atoms with Gasteiger partial charge in [0.05, 0.1) is 43.3 Å². The van der Waals surface area contributed by atoms with E-state index in [0.717, 1.165) is 33.4 Å². The number of benzene rings is 2. The number of aliphatic hydroxyl groups is 1. The Morgan fingerprint density at radius 1 is 0.806 bits per heavy atom. The predicted molar refractivity (Wildman–Crippen MR) is 116 cm³/mol. The van der Waals surface area contributed by atoms with Gasteiger partial charge in [-0.3, -0.25) is 4.98 Å². The minimum Gasteiger partial charge on any atom is -0.390 e. The van der Waals surface area contributed by atoms with Crippen LogP contribution in [0.5, 0.6) is 0 Å². The third-order valence-corrected chi connectivity index (χ3v) is 5.11. The van der Waals surface area contributed by atoms with Crippen molar-refractivity contribution in [2.75, 3.05) is 0 Å². The molecule has 0 aliphatic carbocycles. The van der Waals surface area contributed by atoms with Crippen LogP contribution in [0.25, 0.3) is 22.2 Å². The van der Waals surface area contributed by atoms with Crippen LogP contribution >= 0.6 is 0 Å². The van der Waals surface area contributed by atoms with Gasteiger partial charge in [0, 0.05) is 10.9 Å². The predicted octanol–water partition coefficient (Wildman–Crippen LogP) is 2.98. The molecule has 0 aliphatic heterocycles. The average Bonchev–Trinajstić information content (AvgIpc) is 3.44. The highest BCUT2D eigenvalue weighted by Crippen LogP contribution is 2.19. The van der Waals surface area contributed by atoms with Gasteiger partial charge in [0.25, 0.3) is 0 Å². The highest BCUT2D eigenvalue weighted by molar-refractivity contribution is 5.79. The van der Waals surface area contributed by atoms with Gasteiger partial charge in [-0.15, -0.1) is 10.2 Å². The molecule has 3 heterocycles. The molecule has 0 aliphatic rings. The molecule has 0 saturated carbocycles. The lowest BCUT2D eigenvalue weighted by Crippen LogP contribution is -2.03. The zero-order valence-corrected chi connectivity index (χ0v) is 17.0. The summed E-state index contributed by atoms with van der Waals surface area (Å²) >= 11 is 0. The molecule has 2 aromatic carbocycles. The molecule has 0 unspecified atom stereocenters. The number of pyridine rings is 1. The molecule has 8 nitrogen and oxygen atoms in total. The Bertz CT molecular complexity index is 1340. The molecule has 0 saturated heterocycles. The average molecular weight is 411 g/mol. The fraction of sp³-hybridized carbons (Fsp3) is 0.174. The van der Waals surface area contributed by atoms with E-state index in [9.17, 15) is 0 Å². The molecule has 5 rings (SSSR count). The number of hydrogen-bond acceptors (Lipinski definition) is 6. The maximum atomic E-state index is 9.13. The number of nitrogens with zero attached hydrogens (tertiary/aromatic N) is 7. The van der Waals surface area contributed by atoms with Crippen molar-refractivity contribution in [3.05, 3.63) is 89.5 Å². The van der Waals surface area contributed by atoms with E-state index in [2.05, 4.69) is 63.9 Å². The molecule has 8 heteroatoms. The van der Waals surface area contributed by atoms with Crippen LogP contribution in [0, 0.1) is 6.92 Å². The van der Waals surface area contributed by atoms with Crippen LogP contribution in [-0.4, -0.2) is 40.1 Å². The number of fused-ring (bicyclic) bond motifs is 1. The van der Waals surface area contributed by atoms with E-state index in [-0.39, 0.29) is 6.61 Å². The van der Waals surface area contributed by atoms with Gasteiger partial charge in [0.1, 0.15) is 11.4 Å². The monoisotopic (exact) mass is 411 g/mol. The van der Waals surface area contributed by atoms with Crippen LogP contribution in [0.15, 0.2) is 67.0 Å². The van der Waals surface area contributed by atoms with Gasteiger partial charge in [-0.2, -0.15) is 0 Å². The van der Waals surface area contributed by atoms with Crippen LogP contribution in [0.2, 0.25) is 0 Å². The van der Waals surface area contributed by atoms with Crippen LogP contribution < -0.4 is 0 Å². The summed E-state index contributed by atoms with van der Waals surface area (Å²) < 4.78 is 3.52. The highest BCUT2D eigenvalue weighted by Gasteiger charge is 2.07. The van der Waals surface area contributed by atoms with Gasteiger partial charge in [-0.25, -0.2) is 9.36 Å². The molecule has 1 N–H and O–H groups in total. The largest absolute Gasteiger partial charge is 0.390 e. The number of rotatable bonds is 6. The molecule has 0 radical (unpaired) electrons. The first-order valence-electron chi connectivity index (χ1n) is 10.0. The Hall–Kier alpha value is -3.91. The summed E-state index contributed by atoms with van der Waals surface area (Å²) in [6.45, 7) is 3.10. The summed E-state index contributed by atoms with van der Waals surface area (Å²) in [6.07, 6.45) is 3.69. The van der Waals surface area contributed by atoms with E-state index in [0.29, 0.717) is 18.8 Å². The maximum absolute atomic E-state index is 9.13. The van der Waals surface area contributed by atoms with Crippen molar-refractivity contribution in [2.45, 2.75) is 26.6 Å². The minimum absolute atomic E-state index is 0.108. The second kappa shape index (κ2) is 8.08. The van der Waals surface area contributed by atoms with E-state index in [4.69, 9.17) is 10.1 Å².